The molecule has 3 saturated heterocycles. The second-order valence-corrected chi connectivity index (χ2v) is 15.3. The zero-order valence-corrected chi connectivity index (χ0v) is 28.0. The van der Waals surface area contributed by atoms with Gasteiger partial charge in [-0.05, 0) is 101 Å². The summed E-state index contributed by atoms with van der Waals surface area (Å²) in [6.45, 7) is 8.74. The molecule has 3 heterocycles. The summed E-state index contributed by atoms with van der Waals surface area (Å²) in [5, 5.41) is 0.207. The Morgan fingerprint density at radius 1 is 0.911 bits per heavy atom. The van der Waals surface area contributed by atoms with Gasteiger partial charge in [-0.25, -0.2) is 8.42 Å². The van der Waals surface area contributed by atoms with Crippen LogP contribution in [0, 0.1) is 12.8 Å². The first-order chi connectivity index (χ1) is 21.5. The summed E-state index contributed by atoms with van der Waals surface area (Å²) in [6.07, 6.45) is 4.28. The number of carbonyl (C=O) groups excluding carboxylic acids is 3. The number of anilines is 2. The molecule has 11 heteroatoms. The van der Waals surface area contributed by atoms with Crippen LogP contribution in [0.2, 0.25) is 5.02 Å². The second-order valence-electron chi connectivity index (χ2n) is 12.7. The fourth-order valence-electron chi connectivity index (χ4n) is 6.73. The monoisotopic (exact) mass is 656 g/mol. The first-order valence-corrected chi connectivity index (χ1v) is 18.1. The summed E-state index contributed by atoms with van der Waals surface area (Å²) < 4.78 is 26.9. The number of aryl methyl sites for hydroxylation is 1. The zero-order valence-electron chi connectivity index (χ0n) is 26.4. The van der Waals surface area contributed by atoms with Crippen molar-refractivity contribution in [2.45, 2.75) is 68.9 Å². The van der Waals surface area contributed by atoms with Crippen molar-refractivity contribution in [1.82, 2.24) is 9.80 Å². The molecule has 2 aromatic rings. The lowest BCUT2D eigenvalue weighted by molar-refractivity contribution is -0.133. The predicted octanol–water partition coefficient (Wildman–Crippen LogP) is 4.74. The van der Waals surface area contributed by atoms with E-state index in [0.29, 0.717) is 94.3 Å². The van der Waals surface area contributed by atoms with E-state index in [9.17, 15) is 22.8 Å². The van der Waals surface area contributed by atoms with Crippen LogP contribution in [0.3, 0.4) is 0 Å². The Morgan fingerprint density at radius 3 is 2.16 bits per heavy atom. The molecule has 244 valence electrons. The number of benzene rings is 2. The lowest BCUT2D eigenvalue weighted by atomic mass is 9.94. The highest BCUT2D eigenvalue weighted by Gasteiger charge is 2.33. The van der Waals surface area contributed by atoms with Crippen molar-refractivity contribution in [1.29, 1.82) is 0 Å². The third-order valence-electron chi connectivity index (χ3n) is 9.70. The van der Waals surface area contributed by atoms with Gasteiger partial charge in [0.1, 0.15) is 5.78 Å². The molecule has 9 nitrogen and oxygen atoms in total. The van der Waals surface area contributed by atoms with Gasteiger partial charge in [-0.1, -0.05) is 17.7 Å². The minimum absolute atomic E-state index is 0.0464. The van der Waals surface area contributed by atoms with Crippen molar-refractivity contribution in [3.63, 3.8) is 0 Å². The van der Waals surface area contributed by atoms with Gasteiger partial charge in [0.15, 0.2) is 9.84 Å². The van der Waals surface area contributed by atoms with Crippen molar-refractivity contribution in [3.8, 4) is 0 Å². The molecule has 3 fully saturated rings. The summed E-state index contributed by atoms with van der Waals surface area (Å²) in [5.74, 6) is 0.258. The summed E-state index contributed by atoms with van der Waals surface area (Å²) in [4.78, 5) is 45.5. The molecule has 0 saturated carbocycles. The van der Waals surface area contributed by atoms with Gasteiger partial charge in [-0.15, -0.1) is 0 Å². The number of piperidine rings is 3. The van der Waals surface area contributed by atoms with E-state index in [2.05, 4.69) is 9.80 Å². The number of likely N-dealkylation sites (tertiary alicyclic amines) is 2. The van der Waals surface area contributed by atoms with E-state index in [1.165, 1.54) is 0 Å². The molecule has 0 N–H and O–H groups in total. The molecule has 2 amide bonds. The number of rotatable bonds is 9. The van der Waals surface area contributed by atoms with E-state index in [4.69, 9.17) is 11.6 Å². The van der Waals surface area contributed by atoms with E-state index in [1.807, 2.05) is 42.2 Å². The maximum atomic E-state index is 13.7. The summed E-state index contributed by atoms with van der Waals surface area (Å²) in [5.41, 5.74) is 2.70. The molecule has 0 spiro atoms. The molecule has 0 unspecified atom stereocenters. The predicted molar refractivity (Wildman–Crippen MR) is 178 cm³/mol. The fraction of sp³-hybridized carbons (Fsp3) is 0.559. The summed E-state index contributed by atoms with van der Waals surface area (Å²) in [7, 11) is -3.44. The van der Waals surface area contributed by atoms with Crippen LogP contribution in [0.4, 0.5) is 11.4 Å². The van der Waals surface area contributed by atoms with Crippen LogP contribution in [-0.2, 0) is 24.2 Å². The molecule has 3 aliphatic rings. The highest BCUT2D eigenvalue weighted by Crippen LogP contribution is 2.29. The van der Waals surface area contributed by atoms with Gasteiger partial charge in [0.25, 0.3) is 0 Å². The molecule has 3 aliphatic heterocycles. The molecule has 0 bridgehead atoms. The fourth-order valence-corrected chi connectivity index (χ4v) is 8.63. The second kappa shape index (κ2) is 14.6. The number of nitrogens with zero attached hydrogens (tertiary/aromatic N) is 4. The number of sulfone groups is 1. The Morgan fingerprint density at radius 2 is 1.56 bits per heavy atom. The lowest BCUT2D eigenvalue weighted by Crippen LogP contribution is -2.45. The Bertz CT molecular complexity index is 1470. The molecule has 0 atom stereocenters. The van der Waals surface area contributed by atoms with Crippen molar-refractivity contribution < 1.29 is 22.8 Å². The molecular formula is C34H45ClN4O5S. The van der Waals surface area contributed by atoms with Crippen molar-refractivity contribution >= 4 is 50.4 Å². The van der Waals surface area contributed by atoms with Gasteiger partial charge in [-0.3, -0.25) is 14.4 Å². The van der Waals surface area contributed by atoms with Crippen LogP contribution >= 0.6 is 11.6 Å². The molecule has 2 aromatic carbocycles. The Kier molecular flexibility index (Phi) is 10.9. The third kappa shape index (κ3) is 8.07. The SMILES string of the molecule is CC(=O)N1CCC(C(=O)N(CCCN2CCC(S(=O)(=O)c3ccc(N4CCC(=O)CC4)cc3)CC2)c2ccc(C)c(Cl)c2)CC1. The van der Waals surface area contributed by atoms with Gasteiger partial charge in [0.2, 0.25) is 11.8 Å². The van der Waals surface area contributed by atoms with Crippen LogP contribution in [0.1, 0.15) is 57.4 Å². The summed E-state index contributed by atoms with van der Waals surface area (Å²) in [6, 6.07) is 12.9. The first kappa shape index (κ1) is 33.4. The van der Waals surface area contributed by atoms with Crippen molar-refractivity contribution in [2.24, 2.45) is 5.92 Å². The Labute approximate surface area is 272 Å². The largest absolute Gasteiger partial charge is 0.371 e. The van der Waals surface area contributed by atoms with Crippen LogP contribution < -0.4 is 9.80 Å². The standard InChI is InChI=1S/C34H45ClN4O5S/c1-25-4-5-29(24-33(25)35)39(34(42)27-10-20-37(21-11-27)26(2)40)17-3-16-36-18-14-32(15-19-36)45(43,44)31-8-6-28(7-9-31)38-22-12-30(41)13-23-38/h4-9,24,27,32H,3,10-23H2,1-2H3. The van der Waals surface area contributed by atoms with Gasteiger partial charge in [0, 0.05) is 74.8 Å². The smallest absolute Gasteiger partial charge is 0.230 e. The van der Waals surface area contributed by atoms with E-state index < -0.39 is 15.1 Å². The minimum Gasteiger partial charge on any atom is -0.371 e. The molecule has 0 aromatic heterocycles. The molecule has 0 aliphatic carbocycles. The number of hydrogen-bond acceptors (Lipinski definition) is 7. The van der Waals surface area contributed by atoms with Crippen LogP contribution in [0.5, 0.6) is 0 Å². The molecule has 5 rings (SSSR count). The quantitative estimate of drug-likeness (QED) is 0.385. The Balaban J connectivity index is 1.15. The van der Waals surface area contributed by atoms with E-state index in [-0.39, 0.29) is 23.5 Å². The van der Waals surface area contributed by atoms with Crippen molar-refractivity contribution in [2.75, 3.05) is 62.2 Å². The van der Waals surface area contributed by atoms with E-state index in [0.717, 1.165) is 29.9 Å². The van der Waals surface area contributed by atoms with Crippen LogP contribution in [0.15, 0.2) is 47.4 Å². The highest BCUT2D eigenvalue weighted by atomic mass is 35.5. The Hall–Kier alpha value is -2.95. The highest BCUT2D eigenvalue weighted by molar-refractivity contribution is 7.92. The number of amides is 2. The van der Waals surface area contributed by atoms with Crippen LogP contribution in [0.25, 0.3) is 0 Å². The normalized spacial score (nSPS) is 19.1. The molecule has 0 radical (unpaired) electrons. The number of halogens is 1. The number of ketones is 1. The topological polar surface area (TPSA) is 98.3 Å². The number of hydrogen-bond donors (Lipinski definition) is 0. The average molecular weight is 657 g/mol. The van der Waals surface area contributed by atoms with Crippen LogP contribution in [-0.4, -0.2) is 93.4 Å². The zero-order chi connectivity index (χ0) is 32.1. The number of carbonyl (C=O) groups is 3. The first-order valence-electron chi connectivity index (χ1n) is 16.2. The molecular weight excluding hydrogens is 612 g/mol. The van der Waals surface area contributed by atoms with E-state index >= 15 is 0 Å². The lowest BCUT2D eigenvalue weighted by Gasteiger charge is -2.35. The van der Waals surface area contributed by atoms with E-state index in [1.54, 1.807) is 24.0 Å². The van der Waals surface area contributed by atoms with Gasteiger partial charge in [-0.2, -0.15) is 0 Å². The number of Topliss-reactive ketones (excluding diaryl/α,β-unsaturated/α-hetero) is 1. The van der Waals surface area contributed by atoms with Gasteiger partial charge < -0.3 is 19.6 Å². The van der Waals surface area contributed by atoms with Gasteiger partial charge in [0.05, 0.1) is 10.1 Å². The summed E-state index contributed by atoms with van der Waals surface area (Å²) >= 11 is 6.45. The minimum atomic E-state index is -3.44. The maximum Gasteiger partial charge on any atom is 0.230 e. The average Bonchev–Trinajstić information content (AvgIpc) is 3.05. The van der Waals surface area contributed by atoms with Gasteiger partial charge >= 0.3 is 0 Å². The maximum absolute atomic E-state index is 13.7. The van der Waals surface area contributed by atoms with Crippen molar-refractivity contribution in [3.05, 3.63) is 53.1 Å². The third-order valence-corrected chi connectivity index (χ3v) is 12.4. The molecule has 45 heavy (non-hydrogen) atoms.